The summed E-state index contributed by atoms with van der Waals surface area (Å²) in [6.45, 7) is 0.650. The zero-order valence-electron chi connectivity index (χ0n) is 17.1. The van der Waals surface area contributed by atoms with Crippen LogP contribution in [0.3, 0.4) is 0 Å². The number of fused-ring (bicyclic) bond motifs is 1. The number of hydrogen-bond donors (Lipinski definition) is 1. The molecule has 4 aromatic rings. The molecule has 1 amide bonds. The predicted octanol–water partition coefficient (Wildman–Crippen LogP) is 5.06. The van der Waals surface area contributed by atoms with Gasteiger partial charge in [0.05, 0.1) is 15.5 Å². The van der Waals surface area contributed by atoms with E-state index in [0.717, 1.165) is 21.3 Å². The number of hydrogen-bond acceptors (Lipinski definition) is 6. The largest absolute Gasteiger partial charge is 0.302 e. The van der Waals surface area contributed by atoms with Gasteiger partial charge in [-0.05, 0) is 47.2 Å². The number of sulfonamides is 1. The van der Waals surface area contributed by atoms with Crippen LogP contribution >= 0.6 is 22.7 Å². The summed E-state index contributed by atoms with van der Waals surface area (Å²) in [6, 6.07) is 16.9. The Labute approximate surface area is 194 Å². The molecule has 0 atom stereocenters. The third kappa shape index (κ3) is 4.21. The Morgan fingerprint density at radius 1 is 1.00 bits per heavy atom. The van der Waals surface area contributed by atoms with Gasteiger partial charge in [0.1, 0.15) is 0 Å². The summed E-state index contributed by atoms with van der Waals surface area (Å²) < 4.78 is 27.7. The number of piperidine rings is 1. The minimum Gasteiger partial charge on any atom is -0.302 e. The van der Waals surface area contributed by atoms with Gasteiger partial charge >= 0.3 is 0 Å². The summed E-state index contributed by atoms with van der Waals surface area (Å²) in [6.07, 6.45) is 0.976. The summed E-state index contributed by atoms with van der Waals surface area (Å²) in [5, 5.41) is 9.30. The first kappa shape index (κ1) is 21.3. The minimum absolute atomic E-state index is 0.0974. The van der Waals surface area contributed by atoms with Crippen LogP contribution < -0.4 is 5.32 Å². The number of nitrogens with one attached hydrogen (secondary N) is 1. The normalized spacial score (nSPS) is 15.8. The summed E-state index contributed by atoms with van der Waals surface area (Å²) in [5.41, 5.74) is 0.858. The van der Waals surface area contributed by atoms with Crippen LogP contribution in [-0.2, 0) is 14.8 Å². The maximum absolute atomic E-state index is 13.1. The molecule has 2 aromatic carbocycles. The van der Waals surface area contributed by atoms with Crippen LogP contribution in [0.25, 0.3) is 21.3 Å². The Balaban J connectivity index is 1.22. The minimum atomic E-state index is -3.59. The molecule has 6 nitrogen and oxygen atoms in total. The summed E-state index contributed by atoms with van der Waals surface area (Å²) in [4.78, 5) is 18.6. The highest BCUT2D eigenvalue weighted by molar-refractivity contribution is 7.89. The Hall–Kier alpha value is -2.59. The fraction of sp³-hybridized carbons (Fsp3) is 0.217. The molecule has 32 heavy (non-hydrogen) atoms. The van der Waals surface area contributed by atoms with Crippen LogP contribution in [0.4, 0.5) is 5.13 Å². The molecule has 1 aliphatic rings. The van der Waals surface area contributed by atoms with Gasteiger partial charge in [0.15, 0.2) is 5.13 Å². The number of thiophene rings is 1. The molecule has 0 aliphatic carbocycles. The van der Waals surface area contributed by atoms with Gasteiger partial charge in [-0.25, -0.2) is 13.4 Å². The van der Waals surface area contributed by atoms with Crippen molar-refractivity contribution in [2.75, 3.05) is 18.4 Å². The fourth-order valence-electron chi connectivity index (χ4n) is 3.91. The van der Waals surface area contributed by atoms with E-state index in [1.807, 2.05) is 53.2 Å². The van der Waals surface area contributed by atoms with E-state index in [0.29, 0.717) is 36.0 Å². The van der Waals surface area contributed by atoms with Crippen molar-refractivity contribution in [1.82, 2.24) is 9.29 Å². The number of rotatable bonds is 5. The lowest BCUT2D eigenvalue weighted by Crippen LogP contribution is -2.41. The van der Waals surface area contributed by atoms with E-state index in [9.17, 15) is 13.2 Å². The van der Waals surface area contributed by atoms with Gasteiger partial charge in [-0.1, -0.05) is 36.4 Å². The highest BCUT2D eigenvalue weighted by Gasteiger charge is 2.32. The molecule has 0 bridgehead atoms. The van der Waals surface area contributed by atoms with Gasteiger partial charge in [-0.15, -0.1) is 22.7 Å². The lowest BCUT2D eigenvalue weighted by Gasteiger charge is -2.30. The van der Waals surface area contributed by atoms with Gasteiger partial charge < -0.3 is 5.32 Å². The van der Waals surface area contributed by atoms with Crippen LogP contribution in [0, 0.1) is 5.92 Å². The average molecular weight is 484 g/mol. The maximum atomic E-state index is 13.1. The molecule has 2 aromatic heterocycles. The number of carbonyl (C=O) groups is 1. The molecular formula is C23H21N3O3S3. The zero-order valence-corrected chi connectivity index (χ0v) is 19.6. The van der Waals surface area contributed by atoms with Crippen LogP contribution in [0.1, 0.15) is 12.8 Å². The second kappa shape index (κ2) is 8.74. The third-order valence-corrected chi connectivity index (χ3v) is 9.24. The number of nitrogens with zero attached hydrogens (tertiary/aromatic N) is 2. The van der Waals surface area contributed by atoms with E-state index < -0.39 is 10.0 Å². The molecule has 0 saturated carbocycles. The number of amides is 1. The smallest absolute Gasteiger partial charge is 0.243 e. The van der Waals surface area contributed by atoms with Crippen molar-refractivity contribution in [2.24, 2.45) is 5.92 Å². The molecule has 9 heteroatoms. The molecule has 0 spiro atoms. The molecule has 164 valence electrons. The monoisotopic (exact) mass is 483 g/mol. The van der Waals surface area contributed by atoms with Gasteiger partial charge in [-0.3, -0.25) is 4.79 Å². The van der Waals surface area contributed by atoms with Crippen molar-refractivity contribution in [1.29, 1.82) is 0 Å². The van der Waals surface area contributed by atoms with E-state index in [2.05, 4.69) is 10.3 Å². The van der Waals surface area contributed by atoms with E-state index in [1.54, 1.807) is 23.5 Å². The third-order valence-electron chi connectivity index (χ3n) is 5.69. The van der Waals surface area contributed by atoms with Crippen LogP contribution in [0.15, 0.2) is 70.3 Å². The molecule has 0 radical (unpaired) electrons. The lowest BCUT2D eigenvalue weighted by atomic mass is 9.97. The van der Waals surface area contributed by atoms with Crippen LogP contribution in [0.2, 0.25) is 0 Å². The SMILES string of the molecule is O=C(Nc1nc(-c2cccs2)cs1)C1CCN(S(=O)(=O)c2ccc3ccccc3c2)CC1. The number of aromatic nitrogens is 1. The number of anilines is 1. The average Bonchev–Trinajstić information content (AvgIpc) is 3.51. The van der Waals surface area contributed by atoms with Gasteiger partial charge in [0.25, 0.3) is 0 Å². The maximum Gasteiger partial charge on any atom is 0.243 e. The predicted molar refractivity (Wildman–Crippen MR) is 129 cm³/mol. The molecule has 1 saturated heterocycles. The molecule has 1 fully saturated rings. The van der Waals surface area contributed by atoms with Crippen molar-refractivity contribution < 1.29 is 13.2 Å². The molecule has 1 aliphatic heterocycles. The first-order chi connectivity index (χ1) is 15.5. The molecule has 1 N–H and O–H groups in total. The first-order valence-corrected chi connectivity index (χ1v) is 13.5. The molecular weight excluding hydrogens is 462 g/mol. The van der Waals surface area contributed by atoms with E-state index in [-0.39, 0.29) is 11.8 Å². The van der Waals surface area contributed by atoms with Gasteiger partial charge in [0, 0.05) is 24.4 Å². The van der Waals surface area contributed by atoms with Gasteiger partial charge in [-0.2, -0.15) is 4.31 Å². The second-order valence-corrected chi connectivity index (χ2v) is 11.4. The zero-order chi connectivity index (χ0) is 22.1. The number of carbonyl (C=O) groups excluding carboxylic acids is 1. The summed E-state index contributed by atoms with van der Waals surface area (Å²) in [7, 11) is -3.59. The van der Waals surface area contributed by atoms with Crippen molar-refractivity contribution in [3.05, 3.63) is 65.4 Å². The highest BCUT2D eigenvalue weighted by atomic mass is 32.2. The van der Waals surface area contributed by atoms with Crippen molar-refractivity contribution in [3.8, 4) is 10.6 Å². The van der Waals surface area contributed by atoms with Crippen LogP contribution in [-0.4, -0.2) is 36.7 Å². The van der Waals surface area contributed by atoms with Crippen molar-refractivity contribution in [2.45, 2.75) is 17.7 Å². The Kier molecular flexibility index (Phi) is 5.81. The van der Waals surface area contributed by atoms with E-state index in [4.69, 9.17) is 0 Å². The molecule has 5 rings (SSSR count). The van der Waals surface area contributed by atoms with Crippen LogP contribution in [0.5, 0.6) is 0 Å². The van der Waals surface area contributed by atoms with Crippen molar-refractivity contribution in [3.63, 3.8) is 0 Å². The Morgan fingerprint density at radius 3 is 2.53 bits per heavy atom. The molecule has 3 heterocycles. The summed E-state index contributed by atoms with van der Waals surface area (Å²) in [5.74, 6) is -0.327. The molecule has 0 unspecified atom stereocenters. The van der Waals surface area contributed by atoms with Gasteiger partial charge in [0.2, 0.25) is 15.9 Å². The fourth-order valence-corrected chi connectivity index (χ4v) is 6.89. The highest BCUT2D eigenvalue weighted by Crippen LogP contribution is 2.30. The number of thiazole rings is 1. The first-order valence-electron chi connectivity index (χ1n) is 10.3. The topological polar surface area (TPSA) is 79.4 Å². The quantitative estimate of drug-likeness (QED) is 0.430. The second-order valence-electron chi connectivity index (χ2n) is 7.69. The standard InChI is InChI=1S/C23H21N3O3S3/c27-22(25-23-24-20(15-31-23)21-6-3-13-30-21)17-9-11-26(12-10-17)32(28,29)19-8-7-16-4-1-2-5-18(16)14-19/h1-8,13-15,17H,9-12H2,(H,24,25,27). The Bertz CT molecular complexity index is 1360. The Morgan fingerprint density at radius 2 is 1.78 bits per heavy atom. The van der Waals surface area contributed by atoms with Crippen molar-refractivity contribution >= 4 is 54.5 Å². The van der Waals surface area contributed by atoms with E-state index >= 15 is 0 Å². The summed E-state index contributed by atoms with van der Waals surface area (Å²) >= 11 is 3.01. The lowest BCUT2D eigenvalue weighted by molar-refractivity contribution is -0.120. The van der Waals surface area contributed by atoms with E-state index in [1.165, 1.54) is 15.6 Å². The number of benzene rings is 2.